The van der Waals surface area contributed by atoms with Gasteiger partial charge in [-0.1, -0.05) is 81.5 Å². The Morgan fingerprint density at radius 2 is 1.56 bits per heavy atom. The highest BCUT2D eigenvalue weighted by Gasteiger charge is 2.31. The molecule has 0 aliphatic rings. The third-order valence-electron chi connectivity index (χ3n) is 7.03. The Morgan fingerprint density at radius 3 is 2.29 bits per heavy atom. The number of ether oxygens (including phenoxy) is 2. The highest BCUT2D eigenvalue weighted by molar-refractivity contribution is 5.79. The fourth-order valence-electron chi connectivity index (χ4n) is 4.73. The summed E-state index contributed by atoms with van der Waals surface area (Å²) in [5, 5.41) is 4.51. The van der Waals surface area contributed by atoms with E-state index < -0.39 is 11.6 Å². The molecule has 41 heavy (non-hydrogen) atoms. The molecule has 0 spiro atoms. The van der Waals surface area contributed by atoms with E-state index in [4.69, 9.17) is 9.47 Å². The Bertz CT molecular complexity index is 1360. The molecule has 8 nitrogen and oxygen atoms in total. The van der Waals surface area contributed by atoms with Crippen molar-refractivity contribution in [2.45, 2.75) is 104 Å². The van der Waals surface area contributed by atoms with E-state index in [2.05, 4.69) is 12.0 Å². The van der Waals surface area contributed by atoms with Crippen LogP contribution in [0.1, 0.15) is 84.6 Å². The summed E-state index contributed by atoms with van der Waals surface area (Å²) < 4.78 is 13.9. The molecule has 0 amide bonds. The lowest BCUT2D eigenvalue weighted by Crippen LogP contribution is -2.42. The molecular weight excluding hydrogens is 518 g/mol. The van der Waals surface area contributed by atoms with Crippen LogP contribution in [-0.4, -0.2) is 32.5 Å². The smallest absolute Gasteiger partial charge is 0.349 e. The van der Waals surface area contributed by atoms with Gasteiger partial charge in [-0.3, -0.25) is 9.36 Å². The van der Waals surface area contributed by atoms with Crippen molar-refractivity contribution in [1.29, 1.82) is 0 Å². The molecule has 1 aromatic heterocycles. The van der Waals surface area contributed by atoms with Crippen LogP contribution < -0.4 is 16.0 Å². The molecule has 1 heterocycles. The zero-order chi connectivity index (χ0) is 29.7. The van der Waals surface area contributed by atoms with E-state index in [0.717, 1.165) is 68.9 Å². The van der Waals surface area contributed by atoms with Gasteiger partial charge in [0.1, 0.15) is 5.75 Å². The molecule has 0 atom stereocenters. The number of nitrogens with zero attached hydrogens (tertiary/aromatic N) is 3. The van der Waals surface area contributed by atoms with Gasteiger partial charge in [-0.05, 0) is 64.2 Å². The molecule has 0 unspecified atom stereocenters. The van der Waals surface area contributed by atoms with Crippen LogP contribution in [0, 0.1) is 0 Å². The second kappa shape index (κ2) is 15.9. The van der Waals surface area contributed by atoms with Crippen LogP contribution in [-0.2, 0) is 29.0 Å². The summed E-state index contributed by atoms with van der Waals surface area (Å²) in [6.07, 6.45) is 8.62. The summed E-state index contributed by atoms with van der Waals surface area (Å²) in [6, 6.07) is 17.1. The first-order valence-corrected chi connectivity index (χ1v) is 15.0. The largest absolute Gasteiger partial charge is 0.476 e. The monoisotopic (exact) mass is 563 g/mol. The standard InChI is InChI=1S/C33H45N3O5/c1-5-7-8-9-15-23-35-30(37)29(27-20-13-10-14-21-27)34-36(32(35)39)24-16-11-12-18-26-19-17-22-28(25-26)41-33(3,4)31(38)40-6-2/h10,13-14,17,19-22,25H,5-9,11-12,15-16,18,23-24H2,1-4H3. The lowest BCUT2D eigenvalue weighted by atomic mass is 10.1. The molecule has 0 aliphatic heterocycles. The quantitative estimate of drug-likeness (QED) is 0.144. The maximum absolute atomic E-state index is 13.2. The molecule has 8 heteroatoms. The van der Waals surface area contributed by atoms with Crippen LogP contribution in [0.2, 0.25) is 0 Å². The fraction of sp³-hybridized carbons (Fsp3) is 0.515. The van der Waals surface area contributed by atoms with Gasteiger partial charge in [0.25, 0.3) is 5.56 Å². The first kappa shape index (κ1) is 31.8. The maximum Gasteiger partial charge on any atom is 0.349 e. The second-order valence-electron chi connectivity index (χ2n) is 10.9. The number of unbranched alkanes of at least 4 members (excludes halogenated alkanes) is 6. The molecular formula is C33H45N3O5. The number of aromatic nitrogens is 3. The Kier molecular flexibility index (Phi) is 12.4. The molecule has 2 aromatic carbocycles. The Balaban J connectivity index is 1.63. The van der Waals surface area contributed by atoms with Crippen molar-refractivity contribution >= 4 is 5.97 Å². The molecule has 0 saturated carbocycles. The zero-order valence-corrected chi connectivity index (χ0v) is 25.1. The molecule has 3 aromatic rings. The predicted octanol–water partition coefficient (Wildman–Crippen LogP) is 6.18. The number of rotatable bonds is 17. The number of esters is 1. The minimum absolute atomic E-state index is 0.307. The number of aryl methyl sites for hydroxylation is 2. The highest BCUT2D eigenvalue weighted by atomic mass is 16.6. The van der Waals surface area contributed by atoms with Crippen molar-refractivity contribution in [3.05, 3.63) is 81.0 Å². The average molecular weight is 564 g/mol. The third kappa shape index (κ3) is 9.44. The number of hydrogen-bond donors (Lipinski definition) is 0. The van der Waals surface area contributed by atoms with Crippen molar-refractivity contribution in [2.75, 3.05) is 6.61 Å². The zero-order valence-electron chi connectivity index (χ0n) is 25.1. The number of hydrogen-bond acceptors (Lipinski definition) is 6. The molecule has 0 N–H and O–H groups in total. The van der Waals surface area contributed by atoms with Crippen molar-refractivity contribution in [1.82, 2.24) is 14.3 Å². The summed E-state index contributed by atoms with van der Waals surface area (Å²) in [6.45, 7) is 8.51. The van der Waals surface area contributed by atoms with E-state index in [1.54, 1.807) is 20.8 Å². The van der Waals surface area contributed by atoms with Gasteiger partial charge in [-0.25, -0.2) is 14.3 Å². The van der Waals surface area contributed by atoms with E-state index in [1.165, 1.54) is 9.25 Å². The van der Waals surface area contributed by atoms with Crippen LogP contribution in [0.3, 0.4) is 0 Å². The van der Waals surface area contributed by atoms with Crippen LogP contribution in [0.5, 0.6) is 5.75 Å². The topological polar surface area (TPSA) is 92.4 Å². The van der Waals surface area contributed by atoms with E-state index in [1.807, 2.05) is 54.6 Å². The molecule has 0 fully saturated rings. The molecule has 0 bridgehead atoms. The summed E-state index contributed by atoms with van der Waals surface area (Å²) in [5.41, 5.74) is 0.431. The molecule has 3 rings (SSSR count). The van der Waals surface area contributed by atoms with Crippen molar-refractivity contribution in [3.8, 4) is 17.0 Å². The maximum atomic E-state index is 13.2. The van der Waals surface area contributed by atoms with Gasteiger partial charge in [0, 0.05) is 18.7 Å². The van der Waals surface area contributed by atoms with Gasteiger partial charge >= 0.3 is 11.7 Å². The van der Waals surface area contributed by atoms with Gasteiger partial charge in [0.05, 0.1) is 6.61 Å². The van der Waals surface area contributed by atoms with Gasteiger partial charge in [-0.15, -0.1) is 0 Å². The van der Waals surface area contributed by atoms with Crippen LogP contribution >= 0.6 is 0 Å². The van der Waals surface area contributed by atoms with Crippen molar-refractivity contribution < 1.29 is 14.3 Å². The Hall–Kier alpha value is -3.68. The van der Waals surface area contributed by atoms with E-state index in [9.17, 15) is 14.4 Å². The molecule has 0 aliphatic carbocycles. The number of carbonyl (C=O) groups is 1. The average Bonchev–Trinajstić information content (AvgIpc) is 2.96. The van der Waals surface area contributed by atoms with Crippen molar-refractivity contribution in [2.24, 2.45) is 0 Å². The van der Waals surface area contributed by atoms with Gasteiger partial charge in [0.2, 0.25) is 0 Å². The van der Waals surface area contributed by atoms with E-state index >= 15 is 0 Å². The summed E-state index contributed by atoms with van der Waals surface area (Å²) in [7, 11) is 0. The first-order valence-electron chi connectivity index (χ1n) is 15.0. The molecule has 0 radical (unpaired) electrons. The minimum Gasteiger partial charge on any atom is -0.476 e. The minimum atomic E-state index is -1.07. The Morgan fingerprint density at radius 1 is 0.854 bits per heavy atom. The fourth-order valence-corrected chi connectivity index (χ4v) is 4.73. The van der Waals surface area contributed by atoms with Crippen LogP contribution in [0.25, 0.3) is 11.3 Å². The summed E-state index contributed by atoms with van der Waals surface area (Å²) in [4.78, 5) is 38.6. The van der Waals surface area contributed by atoms with Gasteiger partial charge < -0.3 is 9.47 Å². The third-order valence-corrected chi connectivity index (χ3v) is 7.03. The lowest BCUT2D eigenvalue weighted by Gasteiger charge is -2.24. The molecule has 0 saturated heterocycles. The number of benzene rings is 2. The normalized spacial score (nSPS) is 11.4. The van der Waals surface area contributed by atoms with Crippen molar-refractivity contribution in [3.63, 3.8) is 0 Å². The predicted molar refractivity (Wildman–Crippen MR) is 162 cm³/mol. The van der Waals surface area contributed by atoms with Gasteiger partial charge in [0.15, 0.2) is 11.3 Å². The SMILES string of the molecule is CCCCCCCn1c(=O)c(-c2ccccc2)nn(CCCCCc2cccc(OC(C)(C)C(=O)OCC)c2)c1=O. The highest BCUT2D eigenvalue weighted by Crippen LogP contribution is 2.22. The summed E-state index contributed by atoms with van der Waals surface area (Å²) >= 11 is 0. The van der Waals surface area contributed by atoms with E-state index in [0.29, 0.717) is 31.1 Å². The summed E-state index contributed by atoms with van der Waals surface area (Å²) in [5.74, 6) is 0.231. The number of carbonyl (C=O) groups excluding carboxylic acids is 1. The lowest BCUT2D eigenvalue weighted by molar-refractivity contribution is -0.158. The first-order chi connectivity index (χ1) is 19.8. The van der Waals surface area contributed by atoms with Gasteiger partial charge in [-0.2, -0.15) is 5.10 Å². The Labute approximate surface area is 243 Å². The van der Waals surface area contributed by atoms with Crippen LogP contribution in [0.15, 0.2) is 64.2 Å². The molecule has 222 valence electrons. The van der Waals surface area contributed by atoms with Crippen LogP contribution in [0.4, 0.5) is 0 Å². The van der Waals surface area contributed by atoms with E-state index in [-0.39, 0.29) is 11.2 Å². The second-order valence-corrected chi connectivity index (χ2v) is 10.9.